The average molecular weight is 638 g/mol. The summed E-state index contributed by atoms with van der Waals surface area (Å²) >= 11 is 0. The van der Waals surface area contributed by atoms with Crippen LogP contribution in [0.2, 0.25) is 0 Å². The van der Waals surface area contributed by atoms with Crippen molar-refractivity contribution in [2.75, 3.05) is 10.8 Å². The van der Waals surface area contributed by atoms with E-state index in [1.807, 2.05) is 80.6 Å². The molecular weight excluding hydrogens is 595 g/mol. The van der Waals surface area contributed by atoms with Crippen molar-refractivity contribution in [3.8, 4) is 0 Å². The zero-order valence-electron chi connectivity index (χ0n) is 26.6. The molecule has 5 rings (SSSR count). The van der Waals surface area contributed by atoms with Gasteiger partial charge in [-0.25, -0.2) is 8.42 Å². The fourth-order valence-corrected chi connectivity index (χ4v) is 7.47. The van der Waals surface area contributed by atoms with Crippen molar-refractivity contribution in [2.24, 2.45) is 0 Å². The number of amides is 2. The fourth-order valence-electron chi connectivity index (χ4n) is 6.04. The minimum absolute atomic E-state index is 0.0632. The number of nitrogens with one attached hydrogen (secondary N) is 1. The van der Waals surface area contributed by atoms with E-state index < -0.39 is 28.5 Å². The Kier molecular flexibility index (Phi) is 10.9. The summed E-state index contributed by atoms with van der Waals surface area (Å²) in [4.78, 5) is 30.5. The van der Waals surface area contributed by atoms with E-state index in [1.165, 1.54) is 16.4 Å². The predicted octanol–water partition coefficient (Wildman–Crippen LogP) is 6.45. The smallest absolute Gasteiger partial charge is 0.264 e. The number of benzene rings is 4. The number of anilines is 1. The summed E-state index contributed by atoms with van der Waals surface area (Å²) < 4.78 is 29.5. The Hall–Kier alpha value is -4.43. The molecule has 8 heteroatoms. The number of aryl methyl sites for hydroxylation is 2. The molecule has 1 saturated carbocycles. The molecule has 0 saturated heterocycles. The van der Waals surface area contributed by atoms with E-state index >= 15 is 0 Å². The van der Waals surface area contributed by atoms with Gasteiger partial charge in [-0.05, 0) is 72.7 Å². The second-order valence-corrected chi connectivity index (χ2v) is 13.9. The molecule has 240 valence electrons. The van der Waals surface area contributed by atoms with Gasteiger partial charge in [-0.15, -0.1) is 0 Å². The van der Waals surface area contributed by atoms with Crippen LogP contribution in [0.15, 0.2) is 114 Å². The lowest BCUT2D eigenvalue weighted by molar-refractivity contribution is -0.140. The lowest BCUT2D eigenvalue weighted by Gasteiger charge is -2.34. The molecule has 1 aliphatic carbocycles. The Balaban J connectivity index is 1.56. The van der Waals surface area contributed by atoms with Crippen molar-refractivity contribution in [3.05, 3.63) is 131 Å². The average Bonchev–Trinajstić information content (AvgIpc) is 3.60. The maximum Gasteiger partial charge on any atom is 0.264 e. The van der Waals surface area contributed by atoms with Gasteiger partial charge in [0.25, 0.3) is 10.0 Å². The molecule has 0 aliphatic heterocycles. The van der Waals surface area contributed by atoms with Crippen LogP contribution >= 0.6 is 0 Å². The quantitative estimate of drug-likeness (QED) is 0.183. The summed E-state index contributed by atoms with van der Waals surface area (Å²) in [6, 6.07) is 32.1. The number of hydrogen-bond donors (Lipinski definition) is 1. The van der Waals surface area contributed by atoms with Crippen LogP contribution in [0.5, 0.6) is 0 Å². The highest BCUT2D eigenvalue weighted by atomic mass is 32.2. The normalized spacial score (nSPS) is 14.0. The Morgan fingerprint density at radius 2 is 1.41 bits per heavy atom. The highest BCUT2D eigenvalue weighted by Crippen LogP contribution is 2.26. The third-order valence-electron chi connectivity index (χ3n) is 8.82. The van der Waals surface area contributed by atoms with Crippen molar-refractivity contribution >= 4 is 27.5 Å². The van der Waals surface area contributed by atoms with Crippen LogP contribution in [0, 0.1) is 6.92 Å². The Morgan fingerprint density at radius 3 is 2.04 bits per heavy atom. The lowest BCUT2D eigenvalue weighted by atomic mass is 10.0. The first-order valence-corrected chi connectivity index (χ1v) is 17.5. The number of rotatable bonds is 13. The van der Waals surface area contributed by atoms with Gasteiger partial charge in [-0.1, -0.05) is 105 Å². The summed E-state index contributed by atoms with van der Waals surface area (Å²) in [6.07, 6.45) is 5.03. The Bertz CT molecular complexity index is 1700. The van der Waals surface area contributed by atoms with Gasteiger partial charge < -0.3 is 10.2 Å². The van der Waals surface area contributed by atoms with Gasteiger partial charge in [-0.3, -0.25) is 13.9 Å². The van der Waals surface area contributed by atoms with E-state index in [0.717, 1.165) is 54.4 Å². The number of carbonyl (C=O) groups is 2. The molecule has 1 aliphatic rings. The van der Waals surface area contributed by atoms with Crippen molar-refractivity contribution in [3.63, 3.8) is 0 Å². The van der Waals surface area contributed by atoms with Gasteiger partial charge in [0.05, 0.1) is 10.6 Å². The predicted molar refractivity (Wildman–Crippen MR) is 183 cm³/mol. The molecule has 1 N–H and O–H groups in total. The molecule has 1 fully saturated rings. The number of sulfonamides is 1. The monoisotopic (exact) mass is 637 g/mol. The van der Waals surface area contributed by atoms with Crippen LogP contribution in [-0.4, -0.2) is 43.8 Å². The topological polar surface area (TPSA) is 86.8 Å². The maximum atomic E-state index is 14.7. The van der Waals surface area contributed by atoms with Crippen LogP contribution in [0.4, 0.5) is 5.69 Å². The highest BCUT2D eigenvalue weighted by Gasteiger charge is 2.35. The zero-order chi connectivity index (χ0) is 32.5. The minimum atomic E-state index is -4.12. The van der Waals surface area contributed by atoms with Crippen molar-refractivity contribution < 1.29 is 18.0 Å². The molecule has 4 aromatic rings. The first-order valence-electron chi connectivity index (χ1n) is 16.1. The summed E-state index contributed by atoms with van der Waals surface area (Å²) in [5.74, 6) is -0.674. The Labute approximate surface area is 273 Å². The van der Waals surface area contributed by atoms with Crippen LogP contribution in [-0.2, 0) is 39.0 Å². The molecule has 46 heavy (non-hydrogen) atoms. The summed E-state index contributed by atoms with van der Waals surface area (Å²) in [5.41, 5.74) is 4.24. The van der Waals surface area contributed by atoms with Gasteiger partial charge in [0.15, 0.2) is 0 Å². The molecule has 1 atom stereocenters. The largest absolute Gasteiger partial charge is 0.352 e. The van der Waals surface area contributed by atoms with E-state index in [4.69, 9.17) is 0 Å². The molecule has 2 amide bonds. The molecule has 0 radical (unpaired) electrons. The summed E-state index contributed by atoms with van der Waals surface area (Å²) in [5, 5.41) is 3.22. The molecule has 7 nitrogen and oxygen atoms in total. The van der Waals surface area contributed by atoms with Crippen LogP contribution in [0.25, 0.3) is 0 Å². The third-order valence-corrected chi connectivity index (χ3v) is 10.6. The van der Waals surface area contributed by atoms with E-state index in [2.05, 4.69) is 5.32 Å². The number of nitrogens with zero attached hydrogens (tertiary/aromatic N) is 2. The second kappa shape index (κ2) is 15.2. The van der Waals surface area contributed by atoms with Crippen molar-refractivity contribution in [2.45, 2.75) is 75.9 Å². The van der Waals surface area contributed by atoms with E-state index in [-0.39, 0.29) is 23.4 Å². The standard InChI is InChI=1S/C38H43N3O4S/c1-3-30-22-24-34(25-23-30)41(46(44,45)35-20-8-5-9-21-35)28-37(42)40(27-32-17-11-10-14-29(32)2)36(26-31-15-6-4-7-16-31)38(43)39-33-18-12-13-19-33/h4-11,14-17,20-25,33,36H,3,12-13,18-19,26-28H2,1-2H3,(H,39,43)/t36-/m0/s1. The number of carbonyl (C=O) groups excluding carboxylic acids is 2. The summed E-state index contributed by atoms with van der Waals surface area (Å²) in [6.45, 7) is 3.71. The molecule has 0 heterocycles. The van der Waals surface area contributed by atoms with Crippen molar-refractivity contribution in [1.29, 1.82) is 0 Å². The van der Waals surface area contributed by atoms with Gasteiger partial charge in [0.1, 0.15) is 12.6 Å². The SMILES string of the molecule is CCc1ccc(N(CC(=O)N(Cc2ccccc2C)[C@@H](Cc2ccccc2)C(=O)NC2CCCC2)S(=O)(=O)c2ccccc2)cc1. The van der Waals surface area contributed by atoms with Gasteiger partial charge in [-0.2, -0.15) is 0 Å². The van der Waals surface area contributed by atoms with Crippen LogP contribution in [0.1, 0.15) is 54.9 Å². The minimum Gasteiger partial charge on any atom is -0.352 e. The molecule has 0 spiro atoms. The van der Waals surface area contributed by atoms with Crippen LogP contribution in [0.3, 0.4) is 0 Å². The number of hydrogen-bond acceptors (Lipinski definition) is 4. The molecular formula is C38H43N3O4S. The van der Waals surface area contributed by atoms with Gasteiger partial charge in [0, 0.05) is 19.0 Å². The van der Waals surface area contributed by atoms with E-state index in [1.54, 1.807) is 35.2 Å². The second-order valence-electron chi connectivity index (χ2n) is 12.0. The van der Waals surface area contributed by atoms with Gasteiger partial charge in [0.2, 0.25) is 11.8 Å². The van der Waals surface area contributed by atoms with Crippen LogP contribution < -0.4 is 9.62 Å². The zero-order valence-corrected chi connectivity index (χ0v) is 27.5. The van der Waals surface area contributed by atoms with Gasteiger partial charge >= 0.3 is 0 Å². The Morgan fingerprint density at radius 1 is 0.804 bits per heavy atom. The molecule has 4 aromatic carbocycles. The van der Waals surface area contributed by atoms with E-state index in [0.29, 0.717) is 12.1 Å². The first-order chi connectivity index (χ1) is 22.3. The maximum absolute atomic E-state index is 14.7. The molecule has 0 aromatic heterocycles. The first kappa shape index (κ1) is 32.9. The van der Waals surface area contributed by atoms with E-state index in [9.17, 15) is 18.0 Å². The fraction of sp³-hybridized carbons (Fsp3) is 0.316. The lowest BCUT2D eigenvalue weighted by Crippen LogP contribution is -2.54. The highest BCUT2D eigenvalue weighted by molar-refractivity contribution is 7.92. The molecule has 0 unspecified atom stereocenters. The molecule has 0 bridgehead atoms. The third kappa shape index (κ3) is 8.04. The van der Waals surface area contributed by atoms with Crippen molar-refractivity contribution in [1.82, 2.24) is 10.2 Å². The summed E-state index contributed by atoms with van der Waals surface area (Å²) in [7, 11) is -4.12.